The van der Waals surface area contributed by atoms with Gasteiger partial charge in [0.1, 0.15) is 0 Å². The average Bonchev–Trinajstić information content (AvgIpc) is 2.21. The van der Waals surface area contributed by atoms with Gasteiger partial charge in [-0.2, -0.15) is 5.10 Å². The fraction of sp³-hybridized carbons (Fsp3) is 0.273. The number of hydrogen-bond acceptors (Lipinski definition) is 2. The summed E-state index contributed by atoms with van der Waals surface area (Å²) in [5, 5.41) is 6.45. The topological polar surface area (TPSA) is 53.5 Å². The van der Waals surface area contributed by atoms with Crippen molar-refractivity contribution >= 4 is 33.9 Å². The molecule has 5 heteroatoms. The number of rotatable bonds is 3. The van der Waals surface area contributed by atoms with E-state index in [-0.39, 0.29) is 6.03 Å². The van der Waals surface area contributed by atoms with Gasteiger partial charge in [0, 0.05) is 16.4 Å². The largest absolute Gasteiger partial charge is 0.339 e. The number of nitrogens with zero attached hydrogens (tertiary/aromatic N) is 1. The minimum absolute atomic E-state index is 0.313. The molecule has 4 nitrogen and oxygen atoms in total. The van der Waals surface area contributed by atoms with E-state index in [1.54, 1.807) is 18.3 Å². The summed E-state index contributed by atoms with van der Waals surface area (Å²) in [7, 11) is 0. The number of urea groups is 1. The van der Waals surface area contributed by atoms with Crippen LogP contribution in [-0.4, -0.2) is 12.2 Å². The predicted octanol–water partition coefficient (Wildman–Crippen LogP) is 3.21. The van der Waals surface area contributed by atoms with Gasteiger partial charge in [0.05, 0.1) is 0 Å². The van der Waals surface area contributed by atoms with Gasteiger partial charge in [-0.1, -0.05) is 29.8 Å². The quantitative estimate of drug-likeness (QED) is 0.650. The number of hydrazone groups is 1. The molecule has 0 saturated heterocycles. The van der Waals surface area contributed by atoms with Gasteiger partial charge in [0.2, 0.25) is 0 Å². The summed E-state index contributed by atoms with van der Waals surface area (Å²) in [5.41, 5.74) is 3.11. The molecule has 1 aromatic rings. The van der Waals surface area contributed by atoms with Gasteiger partial charge in [0.25, 0.3) is 0 Å². The second-order valence-corrected chi connectivity index (χ2v) is 4.51. The lowest BCUT2D eigenvalue weighted by atomic mass is 10.3. The Hall–Kier alpha value is -1.36. The molecule has 0 fully saturated rings. The monoisotopic (exact) mass is 283 g/mol. The normalized spacial score (nSPS) is 10.8. The number of carbonyl (C=O) groups excluding carboxylic acids is 1. The Balaban J connectivity index is 2.43. The number of hydrogen-bond donors (Lipinski definition) is 2. The van der Waals surface area contributed by atoms with Crippen LogP contribution in [0, 0.1) is 5.92 Å². The van der Waals surface area contributed by atoms with Gasteiger partial charge in [-0.25, -0.2) is 10.2 Å². The van der Waals surface area contributed by atoms with Crippen molar-refractivity contribution in [2.75, 3.05) is 5.32 Å². The van der Waals surface area contributed by atoms with Crippen LogP contribution in [0.4, 0.5) is 10.5 Å². The summed E-state index contributed by atoms with van der Waals surface area (Å²) in [6, 6.07) is 6.96. The van der Waals surface area contributed by atoms with E-state index < -0.39 is 0 Å². The molecule has 0 unspecified atom stereocenters. The van der Waals surface area contributed by atoms with Crippen LogP contribution in [0.15, 0.2) is 33.8 Å². The summed E-state index contributed by atoms with van der Waals surface area (Å²) < 4.78 is 0.969. The van der Waals surface area contributed by atoms with Crippen LogP contribution in [0.1, 0.15) is 13.8 Å². The molecule has 0 aliphatic rings. The molecule has 0 aliphatic carbocycles. The molecule has 0 atom stereocenters. The van der Waals surface area contributed by atoms with E-state index in [4.69, 9.17) is 0 Å². The minimum atomic E-state index is -0.348. The third kappa shape index (κ3) is 4.93. The first-order valence-electron chi connectivity index (χ1n) is 4.93. The summed E-state index contributed by atoms with van der Waals surface area (Å²) in [5.74, 6) is 0.313. The van der Waals surface area contributed by atoms with E-state index in [0.717, 1.165) is 10.2 Å². The molecular formula is C11H14BrN3O. The molecule has 86 valence electrons. The maximum Gasteiger partial charge on any atom is 0.339 e. The van der Waals surface area contributed by atoms with E-state index in [9.17, 15) is 4.79 Å². The second-order valence-electron chi connectivity index (χ2n) is 3.60. The zero-order chi connectivity index (χ0) is 12.0. The molecule has 2 amide bonds. The highest BCUT2D eigenvalue weighted by atomic mass is 79.9. The minimum Gasteiger partial charge on any atom is -0.307 e. The third-order valence-electron chi connectivity index (χ3n) is 1.64. The Morgan fingerprint density at radius 3 is 2.56 bits per heavy atom. The van der Waals surface area contributed by atoms with Gasteiger partial charge < -0.3 is 5.32 Å². The molecule has 1 rings (SSSR count). The molecule has 0 radical (unpaired) electrons. The lowest BCUT2D eigenvalue weighted by Crippen LogP contribution is -2.24. The standard InChI is InChI=1S/C11H14BrN3O/c1-8(2)7-13-15-11(16)14-10-5-3-9(12)4-6-10/h3-8H,1-2H3,(H2,14,15,16). The fourth-order valence-corrected chi connectivity index (χ4v) is 1.20. The van der Waals surface area contributed by atoms with Gasteiger partial charge in [-0.05, 0) is 30.2 Å². The van der Waals surface area contributed by atoms with Crippen molar-refractivity contribution in [3.05, 3.63) is 28.7 Å². The van der Waals surface area contributed by atoms with Crippen molar-refractivity contribution in [2.45, 2.75) is 13.8 Å². The number of halogens is 1. The molecule has 0 aliphatic heterocycles. The summed E-state index contributed by atoms with van der Waals surface area (Å²) in [4.78, 5) is 11.3. The number of carbonyl (C=O) groups is 1. The van der Waals surface area contributed by atoms with Gasteiger partial charge in [0.15, 0.2) is 0 Å². The number of nitrogens with one attached hydrogen (secondary N) is 2. The Morgan fingerprint density at radius 1 is 1.38 bits per heavy atom. The first kappa shape index (κ1) is 12.7. The van der Waals surface area contributed by atoms with Crippen LogP contribution in [0.3, 0.4) is 0 Å². The zero-order valence-corrected chi connectivity index (χ0v) is 10.8. The summed E-state index contributed by atoms with van der Waals surface area (Å²) in [6.45, 7) is 3.97. The van der Waals surface area contributed by atoms with Gasteiger partial charge in [-0.3, -0.25) is 0 Å². The van der Waals surface area contributed by atoms with Gasteiger partial charge in [-0.15, -0.1) is 0 Å². The first-order valence-corrected chi connectivity index (χ1v) is 5.73. The Bertz CT molecular complexity index is 373. The highest BCUT2D eigenvalue weighted by Gasteiger charge is 1.99. The molecule has 2 N–H and O–H groups in total. The number of anilines is 1. The van der Waals surface area contributed by atoms with Crippen LogP contribution in [-0.2, 0) is 0 Å². The third-order valence-corrected chi connectivity index (χ3v) is 2.17. The van der Waals surface area contributed by atoms with Crippen LogP contribution >= 0.6 is 15.9 Å². The predicted molar refractivity (Wildman–Crippen MR) is 69.6 cm³/mol. The molecule has 0 heterocycles. The number of amides is 2. The molecule has 0 spiro atoms. The second kappa shape index (κ2) is 6.27. The van der Waals surface area contributed by atoms with Gasteiger partial charge >= 0.3 is 6.03 Å². The van der Waals surface area contributed by atoms with Crippen LogP contribution in [0.25, 0.3) is 0 Å². The van der Waals surface area contributed by atoms with E-state index in [1.165, 1.54) is 0 Å². The van der Waals surface area contributed by atoms with E-state index in [2.05, 4.69) is 31.8 Å². The highest BCUT2D eigenvalue weighted by Crippen LogP contribution is 2.13. The smallest absolute Gasteiger partial charge is 0.307 e. The van der Waals surface area contributed by atoms with Crippen molar-refractivity contribution < 1.29 is 4.79 Å². The molecule has 16 heavy (non-hydrogen) atoms. The SMILES string of the molecule is CC(C)C=NNC(=O)Nc1ccc(Br)cc1. The lowest BCUT2D eigenvalue weighted by Gasteiger charge is -2.04. The van der Waals surface area contributed by atoms with Crippen molar-refractivity contribution in [1.29, 1.82) is 0 Å². The Labute approximate surface area is 103 Å². The van der Waals surface area contributed by atoms with E-state index >= 15 is 0 Å². The Kier molecular flexibility index (Phi) is 4.98. The lowest BCUT2D eigenvalue weighted by molar-refractivity contribution is 0.252. The highest BCUT2D eigenvalue weighted by molar-refractivity contribution is 9.10. The molecule has 0 aromatic heterocycles. The van der Waals surface area contributed by atoms with Crippen LogP contribution in [0.2, 0.25) is 0 Å². The number of benzene rings is 1. The summed E-state index contributed by atoms with van der Waals surface area (Å²) >= 11 is 3.32. The van der Waals surface area contributed by atoms with Crippen LogP contribution < -0.4 is 10.7 Å². The molecule has 1 aromatic carbocycles. The molecule has 0 saturated carbocycles. The van der Waals surface area contributed by atoms with Crippen molar-refractivity contribution in [3.8, 4) is 0 Å². The molecule has 0 bridgehead atoms. The maximum absolute atomic E-state index is 11.3. The van der Waals surface area contributed by atoms with Crippen molar-refractivity contribution in [2.24, 2.45) is 11.0 Å². The van der Waals surface area contributed by atoms with Crippen molar-refractivity contribution in [1.82, 2.24) is 5.43 Å². The van der Waals surface area contributed by atoms with E-state index in [1.807, 2.05) is 26.0 Å². The van der Waals surface area contributed by atoms with Crippen molar-refractivity contribution in [3.63, 3.8) is 0 Å². The van der Waals surface area contributed by atoms with Crippen LogP contribution in [0.5, 0.6) is 0 Å². The zero-order valence-electron chi connectivity index (χ0n) is 9.20. The summed E-state index contributed by atoms with van der Waals surface area (Å²) in [6.07, 6.45) is 1.67. The Morgan fingerprint density at radius 2 is 2.00 bits per heavy atom. The molecular weight excluding hydrogens is 270 g/mol. The maximum atomic E-state index is 11.3. The average molecular weight is 284 g/mol. The van der Waals surface area contributed by atoms with E-state index in [0.29, 0.717) is 5.92 Å². The fourth-order valence-electron chi connectivity index (χ4n) is 0.937. The first-order chi connectivity index (χ1) is 7.58.